The van der Waals surface area contributed by atoms with Crippen LogP contribution in [-0.2, 0) is 0 Å². The van der Waals surface area contributed by atoms with Gasteiger partial charge in [0.05, 0.1) is 0 Å². The molecule has 1 aromatic carbocycles. The molecule has 0 spiro atoms. The van der Waals surface area contributed by atoms with Gasteiger partial charge in [-0.1, -0.05) is 15.9 Å². The normalized spacial score (nSPS) is 17.9. The molecule has 0 bridgehead atoms. The highest BCUT2D eigenvalue weighted by Gasteiger charge is 2.08. The number of nitrogens with one attached hydrogen (secondary N) is 1. The lowest BCUT2D eigenvalue weighted by atomic mass is 10.3. The fraction of sp³-hybridized carbons (Fsp3) is 0.455. The fourth-order valence-electron chi connectivity index (χ4n) is 1.76. The Balaban J connectivity index is 2.08. The smallest absolute Gasteiger partial charge is 0.0367 e. The molecule has 3 heteroatoms. The minimum absolute atomic E-state index is 1.09. The second-order valence-corrected chi connectivity index (χ2v) is 4.48. The van der Waals surface area contributed by atoms with Crippen LogP contribution in [0.15, 0.2) is 28.7 Å². The second-order valence-electron chi connectivity index (χ2n) is 3.57. The van der Waals surface area contributed by atoms with Crippen molar-refractivity contribution in [2.45, 2.75) is 6.42 Å². The Hall–Kier alpha value is -0.540. The maximum absolute atomic E-state index is 3.45. The topological polar surface area (TPSA) is 15.3 Å². The van der Waals surface area contributed by atoms with Crippen LogP contribution in [0.1, 0.15) is 6.42 Å². The van der Waals surface area contributed by atoms with Crippen LogP contribution in [0, 0.1) is 0 Å². The van der Waals surface area contributed by atoms with E-state index in [2.05, 4.69) is 50.4 Å². The zero-order valence-electron chi connectivity index (χ0n) is 8.17. The largest absolute Gasteiger partial charge is 0.370 e. The number of hydrogen-bond donors (Lipinski definition) is 1. The summed E-state index contributed by atoms with van der Waals surface area (Å²) in [6.07, 6.45) is 1.23. The molecular formula is C11H15BrN2. The van der Waals surface area contributed by atoms with Gasteiger partial charge in [-0.15, -0.1) is 0 Å². The zero-order chi connectivity index (χ0) is 9.80. The van der Waals surface area contributed by atoms with E-state index in [-0.39, 0.29) is 0 Å². The van der Waals surface area contributed by atoms with Gasteiger partial charge in [-0.2, -0.15) is 0 Å². The highest BCUT2D eigenvalue weighted by atomic mass is 79.9. The van der Waals surface area contributed by atoms with Crippen LogP contribution in [0.4, 0.5) is 5.69 Å². The Morgan fingerprint density at radius 3 is 2.64 bits per heavy atom. The van der Waals surface area contributed by atoms with Crippen LogP contribution in [-0.4, -0.2) is 26.2 Å². The SMILES string of the molecule is Brc1ccc(N2CCCNCC2)cc1. The minimum Gasteiger partial charge on any atom is -0.370 e. The Kier molecular flexibility index (Phi) is 3.43. The monoisotopic (exact) mass is 254 g/mol. The first-order valence-corrected chi connectivity index (χ1v) is 5.87. The van der Waals surface area contributed by atoms with Gasteiger partial charge in [0.25, 0.3) is 0 Å². The number of halogens is 1. The number of nitrogens with zero attached hydrogens (tertiary/aromatic N) is 1. The Bertz CT molecular complexity index is 276. The van der Waals surface area contributed by atoms with Crippen LogP contribution in [0.5, 0.6) is 0 Å². The molecule has 2 nitrogen and oxygen atoms in total. The van der Waals surface area contributed by atoms with E-state index in [0.717, 1.165) is 30.7 Å². The summed E-state index contributed by atoms with van der Waals surface area (Å²) in [6, 6.07) is 8.56. The second kappa shape index (κ2) is 4.80. The molecule has 1 heterocycles. The van der Waals surface area contributed by atoms with E-state index in [1.165, 1.54) is 12.1 Å². The quantitative estimate of drug-likeness (QED) is 0.828. The zero-order valence-corrected chi connectivity index (χ0v) is 9.76. The average molecular weight is 255 g/mol. The van der Waals surface area contributed by atoms with E-state index >= 15 is 0 Å². The van der Waals surface area contributed by atoms with Gasteiger partial charge in [0.15, 0.2) is 0 Å². The lowest BCUT2D eigenvalue weighted by Gasteiger charge is -2.22. The lowest BCUT2D eigenvalue weighted by Crippen LogP contribution is -2.27. The molecule has 0 amide bonds. The van der Waals surface area contributed by atoms with Gasteiger partial charge in [-0.25, -0.2) is 0 Å². The molecule has 1 N–H and O–H groups in total. The molecule has 1 aromatic rings. The summed E-state index contributed by atoms with van der Waals surface area (Å²) in [4.78, 5) is 2.44. The van der Waals surface area contributed by atoms with Gasteiger partial charge >= 0.3 is 0 Å². The predicted molar refractivity (Wildman–Crippen MR) is 63.8 cm³/mol. The first kappa shape index (κ1) is 9.99. The van der Waals surface area contributed by atoms with Crippen molar-refractivity contribution >= 4 is 21.6 Å². The number of anilines is 1. The van der Waals surface area contributed by atoms with Gasteiger partial charge in [0, 0.05) is 29.8 Å². The van der Waals surface area contributed by atoms with E-state index in [0.29, 0.717) is 0 Å². The van der Waals surface area contributed by atoms with Crippen molar-refractivity contribution in [1.82, 2.24) is 5.32 Å². The maximum Gasteiger partial charge on any atom is 0.0367 e. The van der Waals surface area contributed by atoms with Gasteiger partial charge in [0.2, 0.25) is 0 Å². The first-order valence-electron chi connectivity index (χ1n) is 5.07. The molecule has 0 radical (unpaired) electrons. The summed E-state index contributed by atoms with van der Waals surface area (Å²) in [5.41, 5.74) is 1.33. The molecule has 0 unspecified atom stereocenters. The molecular weight excluding hydrogens is 240 g/mol. The van der Waals surface area contributed by atoms with Gasteiger partial charge in [0.1, 0.15) is 0 Å². The van der Waals surface area contributed by atoms with Crippen molar-refractivity contribution in [1.29, 1.82) is 0 Å². The third-order valence-corrected chi connectivity index (χ3v) is 3.06. The standard InChI is InChI=1S/C11H15BrN2/c12-10-2-4-11(5-3-10)14-8-1-6-13-7-9-14/h2-5,13H,1,6-9H2. The van der Waals surface area contributed by atoms with Crippen LogP contribution in [0.3, 0.4) is 0 Å². The number of benzene rings is 1. The summed E-state index contributed by atoms with van der Waals surface area (Å²) in [7, 11) is 0. The third kappa shape index (κ3) is 2.49. The molecule has 0 aliphatic carbocycles. The maximum atomic E-state index is 3.45. The van der Waals surface area contributed by atoms with E-state index in [1.807, 2.05) is 0 Å². The highest BCUT2D eigenvalue weighted by molar-refractivity contribution is 9.10. The molecule has 14 heavy (non-hydrogen) atoms. The first-order chi connectivity index (χ1) is 6.86. The van der Waals surface area contributed by atoms with Crippen LogP contribution in [0.25, 0.3) is 0 Å². The van der Waals surface area contributed by atoms with Gasteiger partial charge in [-0.3, -0.25) is 0 Å². The molecule has 0 atom stereocenters. The van der Waals surface area contributed by atoms with Crippen LogP contribution in [0.2, 0.25) is 0 Å². The minimum atomic E-state index is 1.09. The van der Waals surface area contributed by atoms with Crippen LogP contribution >= 0.6 is 15.9 Å². The van der Waals surface area contributed by atoms with E-state index in [1.54, 1.807) is 0 Å². The molecule has 0 aromatic heterocycles. The molecule has 76 valence electrons. The molecule has 1 aliphatic rings. The van der Waals surface area contributed by atoms with Crippen molar-refractivity contribution in [3.63, 3.8) is 0 Å². The molecule has 1 fully saturated rings. The average Bonchev–Trinajstić information content (AvgIpc) is 2.47. The predicted octanol–water partition coefficient (Wildman–Crippen LogP) is 2.25. The number of rotatable bonds is 1. The molecule has 1 saturated heterocycles. The molecule has 1 aliphatic heterocycles. The van der Waals surface area contributed by atoms with E-state index in [9.17, 15) is 0 Å². The van der Waals surface area contributed by atoms with Crippen LogP contribution < -0.4 is 10.2 Å². The third-order valence-electron chi connectivity index (χ3n) is 2.53. The van der Waals surface area contributed by atoms with Gasteiger partial charge < -0.3 is 10.2 Å². The number of hydrogen-bond acceptors (Lipinski definition) is 2. The summed E-state index contributed by atoms with van der Waals surface area (Å²) >= 11 is 3.45. The Morgan fingerprint density at radius 1 is 1.07 bits per heavy atom. The Morgan fingerprint density at radius 2 is 1.86 bits per heavy atom. The van der Waals surface area contributed by atoms with Crippen molar-refractivity contribution in [3.05, 3.63) is 28.7 Å². The van der Waals surface area contributed by atoms with Crippen molar-refractivity contribution in [2.24, 2.45) is 0 Å². The summed E-state index contributed by atoms with van der Waals surface area (Å²) in [5, 5.41) is 3.41. The Labute approximate surface area is 93.4 Å². The fourth-order valence-corrected chi connectivity index (χ4v) is 2.02. The van der Waals surface area contributed by atoms with E-state index in [4.69, 9.17) is 0 Å². The van der Waals surface area contributed by atoms with Gasteiger partial charge in [-0.05, 0) is 37.2 Å². The van der Waals surface area contributed by atoms with Crippen molar-refractivity contribution < 1.29 is 0 Å². The lowest BCUT2D eigenvalue weighted by molar-refractivity contribution is 0.724. The van der Waals surface area contributed by atoms with E-state index < -0.39 is 0 Å². The summed E-state index contributed by atoms with van der Waals surface area (Å²) < 4.78 is 1.15. The van der Waals surface area contributed by atoms with Crippen molar-refractivity contribution in [2.75, 3.05) is 31.1 Å². The summed E-state index contributed by atoms with van der Waals surface area (Å²) in [6.45, 7) is 4.51. The summed E-state index contributed by atoms with van der Waals surface area (Å²) in [5.74, 6) is 0. The molecule has 2 rings (SSSR count). The van der Waals surface area contributed by atoms with Crippen molar-refractivity contribution in [3.8, 4) is 0 Å². The highest BCUT2D eigenvalue weighted by Crippen LogP contribution is 2.18. The molecule has 0 saturated carbocycles.